The lowest BCUT2D eigenvalue weighted by atomic mass is 10.1. The molecule has 0 bridgehead atoms. The van der Waals surface area contributed by atoms with Crippen LogP contribution in [0.3, 0.4) is 0 Å². The van der Waals surface area contributed by atoms with Gasteiger partial charge in [-0.25, -0.2) is 15.0 Å². The Morgan fingerprint density at radius 1 is 0.949 bits per heavy atom. The van der Waals surface area contributed by atoms with Gasteiger partial charge in [0.15, 0.2) is 0 Å². The Bertz CT molecular complexity index is 1460. The van der Waals surface area contributed by atoms with Gasteiger partial charge in [0.2, 0.25) is 5.78 Å². The van der Waals surface area contributed by atoms with Crippen LogP contribution in [0.4, 0.5) is 5.82 Å². The zero-order chi connectivity index (χ0) is 27.9. The summed E-state index contributed by atoms with van der Waals surface area (Å²) in [7, 11) is 3.45. The topological polar surface area (TPSA) is 133 Å². The lowest BCUT2D eigenvalue weighted by Gasteiger charge is -2.34. The summed E-state index contributed by atoms with van der Waals surface area (Å²) in [5.74, 6) is 0.522. The molecule has 1 saturated heterocycles. The number of ketones is 1. The zero-order valence-corrected chi connectivity index (χ0v) is 22.4. The van der Waals surface area contributed by atoms with Crippen molar-refractivity contribution in [2.24, 2.45) is 0 Å². The lowest BCUT2D eigenvalue weighted by molar-refractivity contribution is -0.144. The predicted molar refractivity (Wildman–Crippen MR) is 148 cm³/mol. The van der Waals surface area contributed by atoms with Gasteiger partial charge in [-0.2, -0.15) is 0 Å². The number of aromatic nitrogens is 4. The van der Waals surface area contributed by atoms with Gasteiger partial charge in [0.25, 0.3) is 11.8 Å². The summed E-state index contributed by atoms with van der Waals surface area (Å²) in [6.07, 6.45) is 7.04. The fraction of sp³-hybridized carbons (Fsp3) is 0.286. The smallest absolute Gasteiger partial charge is 0.289 e. The van der Waals surface area contributed by atoms with Crippen LogP contribution in [0.5, 0.6) is 5.75 Å². The summed E-state index contributed by atoms with van der Waals surface area (Å²) in [5, 5.41) is 3.97. The van der Waals surface area contributed by atoms with Crippen LogP contribution in [0.25, 0.3) is 22.3 Å². The number of hydrogen-bond donors (Lipinski definition) is 2. The van der Waals surface area contributed by atoms with Crippen molar-refractivity contribution in [2.75, 3.05) is 45.7 Å². The Morgan fingerprint density at radius 3 is 2.23 bits per heavy atom. The summed E-state index contributed by atoms with van der Waals surface area (Å²) in [6.45, 7) is 5.05. The summed E-state index contributed by atoms with van der Waals surface area (Å²) in [5.41, 5.74) is 4.16. The summed E-state index contributed by atoms with van der Waals surface area (Å²) < 4.78 is 5.37. The number of rotatable bonds is 5. The molecule has 0 aliphatic carbocycles. The van der Waals surface area contributed by atoms with Crippen molar-refractivity contribution < 1.29 is 19.1 Å². The Morgan fingerprint density at radius 2 is 1.64 bits per heavy atom. The highest BCUT2D eigenvalue weighted by atomic mass is 16.5. The molecule has 4 heterocycles. The van der Waals surface area contributed by atoms with Crippen molar-refractivity contribution in [2.45, 2.75) is 13.8 Å². The number of methoxy groups -OCH3 is 1. The Hall–Kier alpha value is -4.80. The highest BCUT2D eigenvalue weighted by Crippen LogP contribution is 2.33. The van der Waals surface area contributed by atoms with Crippen molar-refractivity contribution in [3.05, 3.63) is 66.2 Å². The predicted octanol–water partition coefficient (Wildman–Crippen LogP) is 2.94. The molecule has 2 N–H and O–H groups in total. The maximum Gasteiger partial charge on any atom is 0.289 e. The number of Topliss-reactive ketones (excluding diaryl/α,β-unsaturated/α-hetero) is 1. The molecule has 0 radical (unpaired) electrons. The second-order valence-electron chi connectivity index (χ2n) is 8.94. The van der Waals surface area contributed by atoms with Gasteiger partial charge < -0.3 is 24.8 Å². The van der Waals surface area contributed by atoms with E-state index in [-0.39, 0.29) is 5.91 Å². The number of benzene rings is 1. The van der Waals surface area contributed by atoms with Crippen LogP contribution in [-0.4, -0.2) is 87.7 Å². The molecule has 0 saturated carbocycles. The molecule has 4 aromatic rings. The average molecular weight is 530 g/mol. The van der Waals surface area contributed by atoms with Gasteiger partial charge in [-0.3, -0.25) is 14.4 Å². The first kappa shape index (κ1) is 27.2. The molecule has 2 amide bonds. The second kappa shape index (κ2) is 12.2. The van der Waals surface area contributed by atoms with Crippen LogP contribution >= 0.6 is 0 Å². The largest absolute Gasteiger partial charge is 0.494 e. The number of hydrogen-bond acceptors (Lipinski definition) is 8. The first-order valence-corrected chi connectivity index (χ1v) is 12.5. The quantitative estimate of drug-likeness (QED) is 0.377. The molecule has 1 fully saturated rings. The van der Waals surface area contributed by atoms with Crippen LogP contribution < -0.4 is 10.1 Å². The third kappa shape index (κ3) is 6.03. The molecule has 0 spiro atoms. The molecule has 0 unspecified atom stereocenters. The van der Waals surface area contributed by atoms with E-state index in [1.807, 2.05) is 38.4 Å². The third-order valence-corrected chi connectivity index (χ3v) is 6.42. The van der Waals surface area contributed by atoms with Gasteiger partial charge in [-0.1, -0.05) is 18.2 Å². The van der Waals surface area contributed by atoms with Crippen molar-refractivity contribution in [1.29, 1.82) is 0 Å². The minimum atomic E-state index is -0.466. The van der Waals surface area contributed by atoms with Crippen LogP contribution in [0.15, 0.2) is 55.1 Å². The van der Waals surface area contributed by atoms with Gasteiger partial charge in [0, 0.05) is 57.3 Å². The van der Waals surface area contributed by atoms with Crippen molar-refractivity contribution in [1.82, 2.24) is 29.7 Å². The summed E-state index contributed by atoms with van der Waals surface area (Å²) in [4.78, 5) is 54.2. The molecule has 11 heteroatoms. The van der Waals surface area contributed by atoms with Crippen LogP contribution in [0.1, 0.15) is 22.8 Å². The standard InChI is InChI=1S/C14H15N5O.C14H16N2O3/c1-8-4-18-14-12(8)10(20-3)6-19-13(14)9-5-17-11(15-2)7-16-9;1-11(17)13(18)15-7-9-16(10-8-15)14(19)12-5-3-2-4-6-12/h4-7,18H,1-3H3,(H,15,17);2-6H,7-10H2,1H3. The molecule has 3 aromatic heterocycles. The first-order valence-electron chi connectivity index (χ1n) is 12.5. The third-order valence-electron chi connectivity index (χ3n) is 6.42. The molecule has 5 rings (SSSR count). The molecule has 11 nitrogen and oxygen atoms in total. The molecule has 1 aliphatic rings. The number of amides is 2. The Labute approximate surface area is 226 Å². The maximum absolute atomic E-state index is 12.2. The van der Waals surface area contributed by atoms with Crippen molar-refractivity contribution >= 4 is 34.3 Å². The SMILES string of the molecule is CC(=O)C(=O)N1CCN(C(=O)c2ccccc2)CC1.CNc1cnc(-c2ncc(OC)c3c(C)c[nH]c23)cn1. The highest BCUT2D eigenvalue weighted by Gasteiger charge is 2.26. The second-order valence-corrected chi connectivity index (χ2v) is 8.94. The molecule has 202 valence electrons. The van der Waals surface area contributed by atoms with Gasteiger partial charge >= 0.3 is 0 Å². The van der Waals surface area contributed by atoms with E-state index in [0.717, 1.165) is 39.4 Å². The maximum atomic E-state index is 12.2. The van der Waals surface area contributed by atoms with E-state index < -0.39 is 11.7 Å². The van der Waals surface area contributed by atoms with Crippen LogP contribution in [0, 0.1) is 6.92 Å². The average Bonchev–Trinajstić information content (AvgIpc) is 3.38. The number of piperazine rings is 1. The van der Waals surface area contributed by atoms with Crippen molar-refractivity contribution in [3.63, 3.8) is 0 Å². The van der Waals surface area contributed by atoms with Crippen LogP contribution in [-0.2, 0) is 9.59 Å². The van der Waals surface area contributed by atoms with Gasteiger partial charge in [-0.15, -0.1) is 0 Å². The number of aryl methyl sites for hydroxylation is 1. The fourth-order valence-electron chi connectivity index (χ4n) is 4.31. The summed E-state index contributed by atoms with van der Waals surface area (Å²) in [6, 6.07) is 9.05. The van der Waals surface area contributed by atoms with E-state index in [9.17, 15) is 14.4 Å². The van der Waals surface area contributed by atoms with E-state index in [1.165, 1.54) is 11.8 Å². The van der Waals surface area contributed by atoms with Crippen molar-refractivity contribution in [3.8, 4) is 17.1 Å². The number of carbonyl (C=O) groups is 3. The molecule has 1 aromatic carbocycles. The van der Waals surface area contributed by atoms with E-state index in [4.69, 9.17) is 4.74 Å². The summed E-state index contributed by atoms with van der Waals surface area (Å²) >= 11 is 0. The number of ether oxygens (including phenoxy) is 1. The Balaban J connectivity index is 0.000000181. The zero-order valence-electron chi connectivity index (χ0n) is 22.4. The minimum Gasteiger partial charge on any atom is -0.494 e. The minimum absolute atomic E-state index is 0.0319. The lowest BCUT2D eigenvalue weighted by Crippen LogP contribution is -2.51. The number of nitrogens with one attached hydrogen (secondary N) is 2. The number of anilines is 1. The van der Waals surface area contributed by atoms with E-state index in [2.05, 4.69) is 25.3 Å². The van der Waals surface area contributed by atoms with Crippen LogP contribution in [0.2, 0.25) is 0 Å². The number of fused-ring (bicyclic) bond motifs is 1. The van der Waals surface area contributed by atoms with Gasteiger partial charge in [0.05, 0.1) is 31.2 Å². The van der Waals surface area contributed by atoms with E-state index >= 15 is 0 Å². The van der Waals surface area contributed by atoms with Gasteiger partial charge in [0.1, 0.15) is 23.0 Å². The normalized spacial score (nSPS) is 12.9. The molecule has 0 atom stereocenters. The first-order chi connectivity index (χ1) is 18.8. The molecular weight excluding hydrogens is 498 g/mol. The molecule has 1 aliphatic heterocycles. The highest BCUT2D eigenvalue weighted by molar-refractivity contribution is 6.35. The van der Waals surface area contributed by atoms with Gasteiger partial charge in [-0.05, 0) is 24.6 Å². The number of H-pyrrole nitrogens is 1. The number of carbonyl (C=O) groups excluding carboxylic acids is 3. The monoisotopic (exact) mass is 529 g/mol. The molecule has 39 heavy (non-hydrogen) atoms. The molecular formula is C28H31N7O4. The number of pyridine rings is 1. The fourth-order valence-corrected chi connectivity index (χ4v) is 4.31. The number of nitrogens with zero attached hydrogens (tertiary/aromatic N) is 5. The van der Waals surface area contributed by atoms with E-state index in [1.54, 1.807) is 42.7 Å². The number of aromatic amines is 1. The van der Waals surface area contributed by atoms with E-state index in [0.29, 0.717) is 31.7 Å². The Kier molecular flexibility index (Phi) is 8.50.